The second-order valence-electron chi connectivity index (χ2n) is 9.45. The molecule has 0 saturated carbocycles. The maximum atomic E-state index is 13.3. The van der Waals surface area contributed by atoms with Crippen molar-refractivity contribution in [3.63, 3.8) is 0 Å². The van der Waals surface area contributed by atoms with E-state index >= 15 is 0 Å². The highest BCUT2D eigenvalue weighted by molar-refractivity contribution is 5.68. The molecule has 5 nitrogen and oxygen atoms in total. The van der Waals surface area contributed by atoms with Crippen molar-refractivity contribution in [1.82, 2.24) is 10.2 Å². The largest absolute Gasteiger partial charge is 0.444 e. The summed E-state index contributed by atoms with van der Waals surface area (Å²) in [5, 5.41) is 13.7. The zero-order valence-electron chi connectivity index (χ0n) is 17.8. The molecule has 1 heterocycles. The van der Waals surface area contributed by atoms with Crippen LogP contribution >= 0.6 is 0 Å². The van der Waals surface area contributed by atoms with Crippen molar-refractivity contribution in [2.24, 2.45) is 5.92 Å². The Morgan fingerprint density at radius 3 is 2.50 bits per heavy atom. The number of hydrogen-bond donors (Lipinski definition) is 2. The number of benzene rings is 1. The van der Waals surface area contributed by atoms with Crippen molar-refractivity contribution in [2.75, 3.05) is 19.6 Å². The Morgan fingerprint density at radius 2 is 1.93 bits per heavy atom. The third kappa shape index (κ3) is 7.40. The molecule has 1 fully saturated rings. The highest BCUT2D eigenvalue weighted by atomic mass is 19.1. The minimum Gasteiger partial charge on any atom is -0.444 e. The minimum absolute atomic E-state index is 0.160. The number of aliphatic hydroxyl groups excluding tert-OH is 1. The summed E-state index contributed by atoms with van der Waals surface area (Å²) < 4.78 is 18.8. The molecule has 1 aliphatic heterocycles. The SMILES string of the molecule is CC(C)(CC1CCN(C(=O)OC(C)(C)C)CC1)NC[C@H](O)c1cccc(F)c1. The van der Waals surface area contributed by atoms with E-state index in [2.05, 4.69) is 19.2 Å². The predicted octanol–water partition coefficient (Wildman–Crippen LogP) is 4.26. The normalized spacial score (nSPS) is 17.5. The van der Waals surface area contributed by atoms with Gasteiger partial charge in [0.1, 0.15) is 11.4 Å². The molecule has 1 aliphatic rings. The van der Waals surface area contributed by atoms with E-state index in [4.69, 9.17) is 4.74 Å². The number of carbonyl (C=O) groups excluding carboxylic acids is 1. The fourth-order valence-corrected chi connectivity index (χ4v) is 3.64. The Balaban J connectivity index is 1.77. The van der Waals surface area contributed by atoms with Gasteiger partial charge in [-0.3, -0.25) is 0 Å². The van der Waals surface area contributed by atoms with Crippen LogP contribution in [0.15, 0.2) is 24.3 Å². The number of nitrogens with zero attached hydrogens (tertiary/aromatic N) is 1. The van der Waals surface area contributed by atoms with Gasteiger partial charge in [0.15, 0.2) is 0 Å². The van der Waals surface area contributed by atoms with Gasteiger partial charge in [-0.25, -0.2) is 9.18 Å². The second-order valence-corrected chi connectivity index (χ2v) is 9.45. The standard InChI is InChI=1S/C22H35FN2O3/c1-21(2,3)28-20(27)25-11-9-16(10-12-25)14-22(4,5)24-15-19(26)17-7-6-8-18(23)13-17/h6-8,13,16,19,24,26H,9-12,14-15H2,1-5H3/t19-/m0/s1. The van der Waals surface area contributed by atoms with Gasteiger partial charge in [-0.2, -0.15) is 0 Å². The van der Waals surface area contributed by atoms with Crippen LogP contribution in [-0.4, -0.2) is 46.9 Å². The summed E-state index contributed by atoms with van der Waals surface area (Å²) in [6, 6.07) is 6.08. The van der Waals surface area contributed by atoms with Gasteiger partial charge in [0.25, 0.3) is 0 Å². The molecule has 0 aromatic heterocycles. The van der Waals surface area contributed by atoms with Crippen LogP contribution in [0.25, 0.3) is 0 Å². The molecule has 158 valence electrons. The first kappa shape index (κ1) is 22.6. The number of aliphatic hydroxyl groups is 1. The van der Waals surface area contributed by atoms with Crippen LogP contribution in [0.3, 0.4) is 0 Å². The average Bonchev–Trinajstić information content (AvgIpc) is 2.58. The van der Waals surface area contributed by atoms with E-state index in [1.54, 1.807) is 17.0 Å². The fourth-order valence-electron chi connectivity index (χ4n) is 3.64. The van der Waals surface area contributed by atoms with Gasteiger partial charge >= 0.3 is 6.09 Å². The molecule has 0 bridgehead atoms. The monoisotopic (exact) mass is 394 g/mol. The number of likely N-dealkylation sites (tertiary alicyclic amines) is 1. The first-order valence-corrected chi connectivity index (χ1v) is 10.1. The number of amides is 1. The van der Waals surface area contributed by atoms with Gasteiger partial charge in [0.05, 0.1) is 6.10 Å². The van der Waals surface area contributed by atoms with Crippen LogP contribution in [0.2, 0.25) is 0 Å². The molecule has 0 unspecified atom stereocenters. The number of carbonyl (C=O) groups is 1. The molecule has 1 atom stereocenters. The molecule has 2 rings (SSSR count). The molecule has 6 heteroatoms. The van der Waals surface area contributed by atoms with E-state index in [-0.39, 0.29) is 17.4 Å². The molecular formula is C22H35FN2O3. The maximum absolute atomic E-state index is 13.3. The summed E-state index contributed by atoms with van der Waals surface area (Å²) in [6.45, 7) is 11.7. The topological polar surface area (TPSA) is 61.8 Å². The molecule has 0 radical (unpaired) electrons. The van der Waals surface area contributed by atoms with E-state index in [1.165, 1.54) is 12.1 Å². The average molecular weight is 395 g/mol. The number of ether oxygens (including phenoxy) is 1. The molecule has 28 heavy (non-hydrogen) atoms. The highest BCUT2D eigenvalue weighted by Gasteiger charge is 2.30. The zero-order valence-corrected chi connectivity index (χ0v) is 17.8. The van der Waals surface area contributed by atoms with E-state index in [0.717, 1.165) is 19.3 Å². The van der Waals surface area contributed by atoms with Crippen molar-refractivity contribution in [3.8, 4) is 0 Å². The van der Waals surface area contributed by atoms with E-state index in [9.17, 15) is 14.3 Å². The number of β-amino-alcohol motifs (C(OH)–C–C–N with tert-alkyl or cyclic N) is 1. The van der Waals surface area contributed by atoms with Crippen LogP contribution < -0.4 is 5.32 Å². The first-order chi connectivity index (χ1) is 13.0. The van der Waals surface area contributed by atoms with Crippen LogP contribution in [0.5, 0.6) is 0 Å². The lowest BCUT2D eigenvalue weighted by Crippen LogP contribution is -2.46. The molecule has 1 saturated heterocycles. The van der Waals surface area contributed by atoms with Crippen LogP contribution in [0.4, 0.5) is 9.18 Å². The molecular weight excluding hydrogens is 359 g/mol. The highest BCUT2D eigenvalue weighted by Crippen LogP contribution is 2.27. The van der Waals surface area contributed by atoms with Crippen molar-refractivity contribution >= 4 is 6.09 Å². The van der Waals surface area contributed by atoms with Crippen molar-refractivity contribution in [3.05, 3.63) is 35.6 Å². The quantitative estimate of drug-likeness (QED) is 0.757. The third-order valence-electron chi connectivity index (χ3n) is 5.07. The van der Waals surface area contributed by atoms with Gasteiger partial charge in [0, 0.05) is 25.2 Å². The second kappa shape index (κ2) is 9.23. The summed E-state index contributed by atoms with van der Waals surface area (Å²) in [7, 11) is 0. The minimum atomic E-state index is -0.746. The number of piperidine rings is 1. The Hall–Kier alpha value is -1.66. The van der Waals surface area contributed by atoms with Gasteiger partial charge in [-0.05, 0) is 77.5 Å². The smallest absolute Gasteiger partial charge is 0.410 e. The number of hydrogen-bond acceptors (Lipinski definition) is 4. The maximum Gasteiger partial charge on any atom is 0.410 e. The molecule has 1 aromatic carbocycles. The molecule has 1 aromatic rings. The number of rotatable bonds is 6. The molecule has 0 spiro atoms. The predicted molar refractivity (Wildman–Crippen MR) is 109 cm³/mol. The van der Waals surface area contributed by atoms with Gasteiger partial charge in [-0.15, -0.1) is 0 Å². The summed E-state index contributed by atoms with van der Waals surface area (Å²) in [5.74, 6) is 0.167. The van der Waals surface area contributed by atoms with Crippen molar-refractivity contribution < 1.29 is 19.0 Å². The summed E-state index contributed by atoms with van der Waals surface area (Å²) in [5.41, 5.74) is -0.0518. The lowest BCUT2D eigenvalue weighted by molar-refractivity contribution is 0.0171. The number of nitrogens with one attached hydrogen (secondary N) is 1. The molecule has 1 amide bonds. The summed E-state index contributed by atoms with van der Waals surface area (Å²) in [6.07, 6.45) is 1.85. The van der Waals surface area contributed by atoms with Crippen LogP contribution in [0, 0.1) is 11.7 Å². The Morgan fingerprint density at radius 1 is 1.29 bits per heavy atom. The Labute approximate surface area is 168 Å². The van der Waals surface area contributed by atoms with E-state index < -0.39 is 11.7 Å². The van der Waals surface area contributed by atoms with E-state index in [1.807, 2.05) is 20.8 Å². The third-order valence-corrected chi connectivity index (χ3v) is 5.07. The Kier molecular flexibility index (Phi) is 7.46. The lowest BCUT2D eigenvalue weighted by atomic mass is 9.84. The number of halogens is 1. The fraction of sp³-hybridized carbons (Fsp3) is 0.682. The first-order valence-electron chi connectivity index (χ1n) is 10.1. The molecule has 2 N–H and O–H groups in total. The Bertz CT molecular complexity index is 649. The van der Waals surface area contributed by atoms with Gasteiger partial charge < -0.3 is 20.1 Å². The van der Waals surface area contributed by atoms with Gasteiger partial charge in [-0.1, -0.05) is 12.1 Å². The zero-order chi connectivity index (χ0) is 20.9. The van der Waals surface area contributed by atoms with Crippen LogP contribution in [-0.2, 0) is 4.74 Å². The summed E-state index contributed by atoms with van der Waals surface area (Å²) in [4.78, 5) is 14.0. The van der Waals surface area contributed by atoms with Crippen molar-refractivity contribution in [1.29, 1.82) is 0 Å². The van der Waals surface area contributed by atoms with Crippen LogP contribution in [0.1, 0.15) is 65.5 Å². The van der Waals surface area contributed by atoms with Gasteiger partial charge in [0.2, 0.25) is 0 Å². The van der Waals surface area contributed by atoms with Crippen molar-refractivity contribution in [2.45, 2.75) is 71.1 Å². The summed E-state index contributed by atoms with van der Waals surface area (Å²) >= 11 is 0. The lowest BCUT2D eigenvalue weighted by Gasteiger charge is -2.37. The van der Waals surface area contributed by atoms with E-state index in [0.29, 0.717) is 31.1 Å². The molecule has 0 aliphatic carbocycles.